The Morgan fingerprint density at radius 3 is 2.64 bits per heavy atom. The molecule has 0 unspecified atom stereocenters. The van der Waals surface area contributed by atoms with E-state index in [0.29, 0.717) is 21.6 Å². The van der Waals surface area contributed by atoms with E-state index in [9.17, 15) is 18.0 Å². The zero-order chi connectivity index (χ0) is 18.2. The third-order valence-corrected chi connectivity index (χ3v) is 3.89. The van der Waals surface area contributed by atoms with Gasteiger partial charge in [-0.25, -0.2) is 4.98 Å². The molecule has 0 fully saturated rings. The first-order chi connectivity index (χ1) is 11.8. The second-order valence-corrected chi connectivity index (χ2v) is 5.59. The van der Waals surface area contributed by atoms with Crippen molar-refractivity contribution in [3.8, 4) is 11.5 Å². The van der Waals surface area contributed by atoms with Gasteiger partial charge in [0.2, 0.25) is 5.89 Å². The Kier molecular flexibility index (Phi) is 4.24. The second-order valence-electron chi connectivity index (χ2n) is 5.59. The number of aryl methyl sites for hydroxylation is 1. The summed E-state index contributed by atoms with van der Waals surface area (Å²) in [4.78, 5) is 16.3. The number of fused-ring (bicyclic) bond motifs is 1. The molecular formula is C18H15F3N2O2. The molecule has 1 heterocycles. The number of nitrogens with zero attached hydrogens (tertiary/aromatic N) is 2. The van der Waals surface area contributed by atoms with Crippen LogP contribution in [0.1, 0.15) is 12.5 Å². The number of benzene rings is 2. The summed E-state index contributed by atoms with van der Waals surface area (Å²) < 4.78 is 43.5. The lowest BCUT2D eigenvalue weighted by atomic mass is 10.1. The van der Waals surface area contributed by atoms with Crippen LogP contribution in [0.4, 0.5) is 18.9 Å². The van der Waals surface area contributed by atoms with Crippen molar-refractivity contribution in [1.82, 2.24) is 4.98 Å². The molecule has 0 atom stereocenters. The summed E-state index contributed by atoms with van der Waals surface area (Å²) >= 11 is 0. The van der Waals surface area contributed by atoms with E-state index in [0.717, 1.165) is 19.0 Å². The Morgan fingerprint density at radius 1 is 1.20 bits per heavy atom. The van der Waals surface area contributed by atoms with Gasteiger partial charge in [-0.2, -0.15) is 13.2 Å². The molecule has 0 bridgehead atoms. The number of amides is 1. The molecule has 1 aromatic heterocycles. The van der Waals surface area contributed by atoms with E-state index in [1.807, 2.05) is 25.1 Å². The van der Waals surface area contributed by atoms with Crippen LogP contribution in [0.3, 0.4) is 0 Å². The molecule has 130 valence electrons. The fraction of sp³-hybridized carbons (Fsp3) is 0.222. The van der Waals surface area contributed by atoms with E-state index in [1.54, 1.807) is 12.1 Å². The van der Waals surface area contributed by atoms with Crippen LogP contribution >= 0.6 is 0 Å². The number of aromatic nitrogens is 1. The summed E-state index contributed by atoms with van der Waals surface area (Å²) in [5.74, 6) is -1.65. The first-order valence-corrected chi connectivity index (χ1v) is 7.64. The Labute approximate surface area is 141 Å². The van der Waals surface area contributed by atoms with Crippen molar-refractivity contribution in [2.45, 2.75) is 19.5 Å². The van der Waals surface area contributed by atoms with Gasteiger partial charge in [0, 0.05) is 18.3 Å². The molecule has 0 aliphatic heterocycles. The quantitative estimate of drug-likeness (QED) is 0.696. The molecule has 0 N–H and O–H groups in total. The predicted molar refractivity (Wildman–Crippen MR) is 88.3 cm³/mol. The minimum atomic E-state index is -4.93. The van der Waals surface area contributed by atoms with Gasteiger partial charge in [-0.05, 0) is 42.3 Å². The van der Waals surface area contributed by atoms with Crippen LogP contribution in [0, 0.1) is 0 Å². The Bertz CT molecular complexity index is 931. The third-order valence-electron chi connectivity index (χ3n) is 3.89. The number of oxazole rings is 1. The van der Waals surface area contributed by atoms with Gasteiger partial charge in [0.05, 0.1) is 0 Å². The van der Waals surface area contributed by atoms with Gasteiger partial charge in [-0.1, -0.05) is 19.1 Å². The third kappa shape index (κ3) is 3.35. The average Bonchev–Trinajstić information content (AvgIpc) is 3.02. The normalized spacial score (nSPS) is 11.7. The van der Waals surface area contributed by atoms with Crippen LogP contribution in [-0.2, 0) is 11.2 Å². The summed E-state index contributed by atoms with van der Waals surface area (Å²) in [6, 6.07) is 11.7. The lowest BCUT2D eigenvalue weighted by Crippen LogP contribution is -2.38. The van der Waals surface area contributed by atoms with Gasteiger partial charge < -0.3 is 9.32 Å². The number of alkyl halides is 3. The van der Waals surface area contributed by atoms with Gasteiger partial charge in [0.15, 0.2) is 5.58 Å². The zero-order valence-corrected chi connectivity index (χ0v) is 13.6. The smallest absolute Gasteiger partial charge is 0.436 e. The second kappa shape index (κ2) is 6.23. The molecule has 2 aromatic carbocycles. The SMILES string of the molecule is CCc1ccc2oc(-c3cccc(N(C)C(=O)C(F)(F)F)c3)nc2c1. The van der Waals surface area contributed by atoms with Gasteiger partial charge in [-0.3, -0.25) is 4.79 Å². The topological polar surface area (TPSA) is 46.3 Å². The lowest BCUT2D eigenvalue weighted by Gasteiger charge is -2.19. The molecule has 0 aliphatic carbocycles. The van der Waals surface area contributed by atoms with Crippen LogP contribution in [0.15, 0.2) is 46.9 Å². The molecule has 25 heavy (non-hydrogen) atoms. The Balaban J connectivity index is 1.97. The molecular weight excluding hydrogens is 333 g/mol. The lowest BCUT2D eigenvalue weighted by molar-refractivity contribution is -0.170. The maximum Gasteiger partial charge on any atom is 0.471 e. The first-order valence-electron chi connectivity index (χ1n) is 7.64. The van der Waals surface area contributed by atoms with E-state index in [4.69, 9.17) is 4.42 Å². The number of hydrogen-bond acceptors (Lipinski definition) is 3. The van der Waals surface area contributed by atoms with Crippen molar-refractivity contribution in [2.75, 3.05) is 11.9 Å². The highest BCUT2D eigenvalue weighted by Gasteiger charge is 2.41. The van der Waals surface area contributed by atoms with Crippen LogP contribution in [0.25, 0.3) is 22.6 Å². The zero-order valence-electron chi connectivity index (χ0n) is 13.6. The Morgan fingerprint density at radius 2 is 1.96 bits per heavy atom. The van der Waals surface area contributed by atoms with Crippen molar-refractivity contribution in [3.05, 3.63) is 48.0 Å². The summed E-state index contributed by atoms with van der Waals surface area (Å²) in [6.07, 6.45) is -4.07. The fourth-order valence-corrected chi connectivity index (χ4v) is 2.47. The van der Waals surface area contributed by atoms with Crippen molar-refractivity contribution in [1.29, 1.82) is 0 Å². The highest BCUT2D eigenvalue weighted by molar-refractivity contribution is 5.97. The molecule has 0 saturated heterocycles. The maximum absolute atomic E-state index is 12.6. The van der Waals surface area contributed by atoms with Crippen LogP contribution in [0.2, 0.25) is 0 Å². The van der Waals surface area contributed by atoms with Gasteiger partial charge in [-0.15, -0.1) is 0 Å². The number of carbonyl (C=O) groups is 1. The fourth-order valence-electron chi connectivity index (χ4n) is 2.47. The van der Waals surface area contributed by atoms with E-state index < -0.39 is 12.1 Å². The van der Waals surface area contributed by atoms with E-state index in [-0.39, 0.29) is 11.6 Å². The summed E-state index contributed by atoms with van der Waals surface area (Å²) in [5, 5.41) is 0. The summed E-state index contributed by atoms with van der Waals surface area (Å²) in [6.45, 7) is 2.03. The molecule has 0 aliphatic rings. The maximum atomic E-state index is 12.6. The van der Waals surface area contributed by atoms with Gasteiger partial charge in [0.25, 0.3) is 0 Å². The molecule has 7 heteroatoms. The molecule has 0 saturated carbocycles. The number of rotatable bonds is 3. The predicted octanol–water partition coefficient (Wildman–Crippen LogP) is 4.58. The minimum absolute atomic E-state index is 0.108. The summed E-state index contributed by atoms with van der Waals surface area (Å²) in [5.41, 5.74) is 2.98. The largest absolute Gasteiger partial charge is 0.471 e. The van der Waals surface area contributed by atoms with Crippen LogP contribution in [-0.4, -0.2) is 24.1 Å². The highest BCUT2D eigenvalue weighted by Crippen LogP contribution is 2.29. The van der Waals surface area contributed by atoms with Crippen molar-refractivity contribution >= 4 is 22.7 Å². The molecule has 0 radical (unpaired) electrons. The first kappa shape index (κ1) is 17.0. The molecule has 3 rings (SSSR count). The number of carbonyl (C=O) groups excluding carboxylic acids is 1. The van der Waals surface area contributed by atoms with Crippen molar-refractivity contribution < 1.29 is 22.4 Å². The minimum Gasteiger partial charge on any atom is -0.436 e. The highest BCUT2D eigenvalue weighted by atomic mass is 19.4. The number of halogens is 3. The number of anilines is 1. The monoisotopic (exact) mass is 348 g/mol. The molecule has 3 aromatic rings. The molecule has 0 spiro atoms. The van der Waals surface area contributed by atoms with Crippen LogP contribution in [0.5, 0.6) is 0 Å². The summed E-state index contributed by atoms with van der Waals surface area (Å²) in [7, 11) is 1.08. The van der Waals surface area contributed by atoms with Crippen molar-refractivity contribution in [2.24, 2.45) is 0 Å². The Hall–Kier alpha value is -2.83. The van der Waals surface area contributed by atoms with Crippen molar-refractivity contribution in [3.63, 3.8) is 0 Å². The van der Waals surface area contributed by atoms with Crippen LogP contribution < -0.4 is 4.90 Å². The number of hydrogen-bond donors (Lipinski definition) is 0. The van der Waals surface area contributed by atoms with E-state index in [2.05, 4.69) is 4.98 Å². The standard InChI is InChI=1S/C18H15F3N2O2/c1-3-11-7-8-15-14(9-11)22-16(25-15)12-5-4-6-13(10-12)23(2)17(24)18(19,20)21/h4-10H,3H2,1-2H3. The van der Waals surface area contributed by atoms with E-state index in [1.165, 1.54) is 12.1 Å². The average molecular weight is 348 g/mol. The molecule has 4 nitrogen and oxygen atoms in total. The van der Waals surface area contributed by atoms with E-state index >= 15 is 0 Å². The molecule has 1 amide bonds. The van der Waals surface area contributed by atoms with Gasteiger partial charge in [0.1, 0.15) is 5.52 Å². The van der Waals surface area contributed by atoms with Gasteiger partial charge >= 0.3 is 12.1 Å².